The lowest BCUT2D eigenvalue weighted by molar-refractivity contribution is -0.132. The Labute approximate surface area is 172 Å². The Morgan fingerprint density at radius 1 is 1.36 bits per heavy atom. The third kappa shape index (κ3) is 4.75. The minimum atomic E-state index is -0.142. The van der Waals surface area contributed by atoms with Crippen molar-refractivity contribution in [2.45, 2.75) is 50.3 Å². The van der Waals surface area contributed by atoms with Gasteiger partial charge in [-0.15, -0.1) is 21.5 Å². The molecule has 2 aliphatic carbocycles. The summed E-state index contributed by atoms with van der Waals surface area (Å²) in [6.07, 6.45) is 5.52. The molecule has 9 heteroatoms. The number of nitrogens with one attached hydrogen (secondary N) is 1. The van der Waals surface area contributed by atoms with Crippen molar-refractivity contribution in [2.75, 3.05) is 19.3 Å². The van der Waals surface area contributed by atoms with E-state index in [0.29, 0.717) is 17.2 Å². The first-order valence-electron chi connectivity index (χ1n) is 9.59. The average Bonchev–Trinajstić information content (AvgIpc) is 3.18. The number of aryl methyl sites for hydroxylation is 1. The van der Waals surface area contributed by atoms with Gasteiger partial charge in [0.2, 0.25) is 11.8 Å². The first kappa shape index (κ1) is 19.4. The van der Waals surface area contributed by atoms with Crippen LogP contribution < -0.4 is 5.32 Å². The maximum absolute atomic E-state index is 12.2. The molecule has 2 aromatic rings. The van der Waals surface area contributed by atoms with Gasteiger partial charge in [0.15, 0.2) is 0 Å². The van der Waals surface area contributed by atoms with Crippen LogP contribution in [0.2, 0.25) is 0 Å². The van der Waals surface area contributed by atoms with Crippen LogP contribution in [0, 0.1) is 5.92 Å². The van der Waals surface area contributed by atoms with Crippen molar-refractivity contribution in [2.24, 2.45) is 5.92 Å². The van der Waals surface area contributed by atoms with Crippen LogP contribution in [0.3, 0.4) is 0 Å². The molecule has 4 rings (SSSR count). The number of thioether (sulfide) groups is 1. The van der Waals surface area contributed by atoms with Crippen LogP contribution in [-0.4, -0.2) is 52.3 Å². The van der Waals surface area contributed by atoms with Gasteiger partial charge in [0.05, 0.1) is 17.2 Å². The molecule has 2 aromatic heterocycles. The summed E-state index contributed by atoms with van der Waals surface area (Å²) >= 11 is 2.93. The van der Waals surface area contributed by atoms with Crippen molar-refractivity contribution in [3.8, 4) is 10.8 Å². The van der Waals surface area contributed by atoms with Crippen molar-refractivity contribution in [1.29, 1.82) is 0 Å². The second kappa shape index (κ2) is 8.24. The van der Waals surface area contributed by atoms with E-state index in [2.05, 4.69) is 28.5 Å². The largest absolute Gasteiger partial charge is 0.410 e. The van der Waals surface area contributed by atoms with E-state index in [9.17, 15) is 9.59 Å². The molecular formula is C19H24N4O3S2. The highest BCUT2D eigenvalue weighted by molar-refractivity contribution is 7.99. The molecule has 1 atom stereocenters. The smallest absolute Gasteiger partial charge is 0.277 e. The molecule has 0 radical (unpaired) electrons. The Kier molecular flexibility index (Phi) is 5.73. The topological polar surface area (TPSA) is 88.3 Å². The molecule has 1 N–H and O–H groups in total. The molecule has 0 aliphatic heterocycles. The van der Waals surface area contributed by atoms with Crippen LogP contribution in [0.4, 0.5) is 0 Å². The van der Waals surface area contributed by atoms with Crippen molar-refractivity contribution in [3.63, 3.8) is 0 Å². The predicted molar refractivity (Wildman–Crippen MR) is 108 cm³/mol. The van der Waals surface area contributed by atoms with Crippen LogP contribution >= 0.6 is 23.1 Å². The van der Waals surface area contributed by atoms with E-state index >= 15 is 0 Å². The molecule has 0 aromatic carbocycles. The van der Waals surface area contributed by atoms with Gasteiger partial charge in [0, 0.05) is 18.0 Å². The van der Waals surface area contributed by atoms with Crippen LogP contribution in [0.5, 0.6) is 0 Å². The van der Waals surface area contributed by atoms with Crippen molar-refractivity contribution in [1.82, 2.24) is 20.4 Å². The summed E-state index contributed by atoms with van der Waals surface area (Å²) in [7, 11) is 1.63. The van der Waals surface area contributed by atoms with Crippen LogP contribution in [0.25, 0.3) is 10.8 Å². The summed E-state index contributed by atoms with van der Waals surface area (Å²) in [6, 6.07) is 2.46. The van der Waals surface area contributed by atoms with E-state index in [4.69, 9.17) is 4.42 Å². The van der Waals surface area contributed by atoms with Crippen molar-refractivity contribution < 1.29 is 14.0 Å². The highest BCUT2D eigenvalue weighted by atomic mass is 32.2. The van der Waals surface area contributed by atoms with Gasteiger partial charge in [-0.05, 0) is 49.7 Å². The van der Waals surface area contributed by atoms with E-state index < -0.39 is 0 Å². The van der Waals surface area contributed by atoms with Gasteiger partial charge in [-0.2, -0.15) is 0 Å². The standard InChI is InChI=1S/C19H24N4O3S2/c1-11-3-6-14-12(7-11)8-15(28-14)18-21-22-19(26-18)27-10-17(25)23(2)9-16(24)20-13-4-5-13/h8,11,13H,3-7,9-10H2,1-2H3,(H,20,24)/t11-/m1/s1. The molecular weight excluding hydrogens is 396 g/mol. The summed E-state index contributed by atoms with van der Waals surface area (Å²) in [5.41, 5.74) is 1.40. The van der Waals surface area contributed by atoms with Gasteiger partial charge < -0.3 is 14.6 Å². The molecule has 0 saturated heterocycles. The van der Waals surface area contributed by atoms with Gasteiger partial charge >= 0.3 is 0 Å². The zero-order valence-electron chi connectivity index (χ0n) is 16.1. The highest BCUT2D eigenvalue weighted by Gasteiger charge is 2.25. The summed E-state index contributed by atoms with van der Waals surface area (Å²) in [5, 5.41) is 11.5. The molecule has 1 saturated carbocycles. The summed E-state index contributed by atoms with van der Waals surface area (Å²) in [5.74, 6) is 1.14. The molecule has 2 aliphatic rings. The second-order valence-corrected chi connectivity index (χ2v) is 9.72. The number of hydrogen-bond acceptors (Lipinski definition) is 7. The van der Waals surface area contributed by atoms with E-state index in [1.807, 2.05) is 0 Å². The van der Waals surface area contributed by atoms with E-state index in [0.717, 1.165) is 36.5 Å². The number of nitrogens with zero attached hydrogens (tertiary/aromatic N) is 3. The van der Waals surface area contributed by atoms with Crippen LogP contribution in [0.1, 0.15) is 36.6 Å². The predicted octanol–water partition coefficient (Wildman–Crippen LogP) is 2.75. The third-order valence-electron chi connectivity index (χ3n) is 5.01. The minimum absolute atomic E-state index is 0.0736. The minimum Gasteiger partial charge on any atom is -0.410 e. The fourth-order valence-corrected chi connectivity index (χ4v) is 5.05. The Bertz CT molecular complexity index is 874. The van der Waals surface area contributed by atoms with Gasteiger partial charge in [-0.3, -0.25) is 9.59 Å². The fraction of sp³-hybridized carbons (Fsp3) is 0.579. The number of carbonyl (C=O) groups excluding carboxylic acids is 2. The first-order valence-corrected chi connectivity index (χ1v) is 11.4. The molecule has 0 spiro atoms. The number of carbonyl (C=O) groups is 2. The zero-order valence-corrected chi connectivity index (χ0v) is 17.7. The Morgan fingerprint density at radius 2 is 2.18 bits per heavy atom. The normalized spacial score (nSPS) is 18.6. The summed E-state index contributed by atoms with van der Waals surface area (Å²) in [6.45, 7) is 2.36. The summed E-state index contributed by atoms with van der Waals surface area (Å²) < 4.78 is 5.75. The van der Waals surface area contributed by atoms with Crippen LogP contribution in [0.15, 0.2) is 15.7 Å². The van der Waals surface area contributed by atoms with Crippen molar-refractivity contribution >= 4 is 34.9 Å². The molecule has 28 heavy (non-hydrogen) atoms. The molecule has 0 unspecified atom stereocenters. The van der Waals surface area contributed by atoms with Crippen LogP contribution in [-0.2, 0) is 22.4 Å². The average molecular weight is 421 g/mol. The number of likely N-dealkylation sites (N-methyl/N-ethyl adjacent to an activating group) is 1. The fourth-order valence-electron chi connectivity index (χ4n) is 3.22. The maximum atomic E-state index is 12.2. The molecule has 1 fully saturated rings. The Balaban J connectivity index is 1.30. The first-order chi connectivity index (χ1) is 13.5. The van der Waals surface area contributed by atoms with Gasteiger partial charge in [0.1, 0.15) is 0 Å². The highest BCUT2D eigenvalue weighted by Crippen LogP contribution is 2.37. The van der Waals surface area contributed by atoms with Crippen molar-refractivity contribution in [3.05, 3.63) is 16.5 Å². The number of thiophene rings is 1. The Morgan fingerprint density at radius 3 is 2.96 bits per heavy atom. The number of rotatable bonds is 7. The van der Waals surface area contributed by atoms with Gasteiger partial charge in [0.25, 0.3) is 11.1 Å². The van der Waals surface area contributed by atoms with Gasteiger partial charge in [-0.25, -0.2) is 0 Å². The SMILES string of the molecule is C[C@@H]1CCc2sc(-c3nnc(SCC(=O)N(C)CC(=O)NC4CC4)o3)cc2C1. The second-order valence-electron chi connectivity index (χ2n) is 7.66. The number of fused-ring (bicyclic) bond motifs is 1. The van der Waals surface area contributed by atoms with E-state index in [1.54, 1.807) is 18.4 Å². The lowest BCUT2D eigenvalue weighted by atomic mass is 9.90. The van der Waals surface area contributed by atoms with E-state index in [-0.39, 0.29) is 24.1 Å². The third-order valence-corrected chi connectivity index (χ3v) is 7.04. The zero-order chi connectivity index (χ0) is 19.7. The maximum Gasteiger partial charge on any atom is 0.277 e. The number of aromatic nitrogens is 2. The van der Waals surface area contributed by atoms with E-state index in [1.165, 1.54) is 33.5 Å². The number of hydrogen-bond donors (Lipinski definition) is 1. The quantitative estimate of drug-likeness (QED) is 0.693. The lowest BCUT2D eigenvalue weighted by Gasteiger charge is -2.16. The van der Waals surface area contributed by atoms with Gasteiger partial charge in [-0.1, -0.05) is 18.7 Å². The summed E-state index contributed by atoms with van der Waals surface area (Å²) in [4.78, 5) is 27.9. The number of amides is 2. The molecule has 0 bridgehead atoms. The molecule has 2 amide bonds. The molecule has 150 valence electrons. The monoisotopic (exact) mass is 420 g/mol. The lowest BCUT2D eigenvalue weighted by Crippen LogP contribution is -2.39. The molecule has 2 heterocycles. The molecule has 7 nitrogen and oxygen atoms in total. The Hall–Kier alpha value is -1.87.